The minimum atomic E-state index is 0.671. The van der Waals surface area contributed by atoms with Crippen molar-refractivity contribution in [1.29, 1.82) is 0 Å². The summed E-state index contributed by atoms with van der Waals surface area (Å²) in [6, 6.07) is 23.4. The lowest BCUT2D eigenvalue weighted by molar-refractivity contribution is 0.430. The van der Waals surface area contributed by atoms with Gasteiger partial charge in [-0.1, -0.05) is 122 Å². The summed E-state index contributed by atoms with van der Waals surface area (Å²) in [4.78, 5) is 0. The largest absolute Gasteiger partial charge is 0.0587 e. The molecule has 3 aromatic carbocycles. The molecule has 0 spiro atoms. The summed E-state index contributed by atoms with van der Waals surface area (Å²) in [5.41, 5.74) is 14.1. The summed E-state index contributed by atoms with van der Waals surface area (Å²) in [6.45, 7) is 8.99. The molecular formula is C38H46. The number of allylic oxidation sites excluding steroid dienone is 2. The fourth-order valence-electron chi connectivity index (χ4n) is 6.70. The highest BCUT2D eigenvalue weighted by atomic mass is 14.3. The van der Waals surface area contributed by atoms with Gasteiger partial charge in [0.15, 0.2) is 0 Å². The molecule has 38 heavy (non-hydrogen) atoms. The summed E-state index contributed by atoms with van der Waals surface area (Å²) in [5.74, 6) is 1.34. The van der Waals surface area contributed by atoms with Crippen molar-refractivity contribution < 1.29 is 0 Å². The van der Waals surface area contributed by atoms with Crippen molar-refractivity contribution in [3.8, 4) is 0 Å². The molecule has 0 N–H and O–H groups in total. The molecule has 2 fully saturated rings. The second-order valence-electron chi connectivity index (χ2n) is 12.2. The summed E-state index contributed by atoms with van der Waals surface area (Å²) in [7, 11) is 0. The predicted molar refractivity (Wildman–Crippen MR) is 167 cm³/mol. The molecule has 198 valence electrons. The van der Waals surface area contributed by atoms with Crippen LogP contribution in [0.5, 0.6) is 0 Å². The van der Waals surface area contributed by atoms with Gasteiger partial charge in [0, 0.05) is 0 Å². The lowest BCUT2D eigenvalue weighted by Crippen LogP contribution is -2.09. The first-order valence-corrected chi connectivity index (χ1v) is 15.2. The van der Waals surface area contributed by atoms with Gasteiger partial charge in [-0.25, -0.2) is 0 Å². The zero-order chi connectivity index (χ0) is 26.5. The fourth-order valence-corrected chi connectivity index (χ4v) is 6.70. The Kier molecular flexibility index (Phi) is 8.68. The van der Waals surface area contributed by atoms with Crippen molar-refractivity contribution in [2.75, 3.05) is 0 Å². The molecule has 0 saturated heterocycles. The van der Waals surface area contributed by atoms with E-state index in [0.717, 1.165) is 0 Å². The Morgan fingerprint density at radius 2 is 0.842 bits per heavy atom. The van der Waals surface area contributed by atoms with E-state index in [-0.39, 0.29) is 0 Å². The maximum atomic E-state index is 2.53. The Hall–Kier alpha value is -2.86. The zero-order valence-electron chi connectivity index (χ0n) is 24.2. The van der Waals surface area contributed by atoms with Gasteiger partial charge in [-0.2, -0.15) is 0 Å². The Labute approximate surface area is 231 Å². The van der Waals surface area contributed by atoms with E-state index >= 15 is 0 Å². The van der Waals surface area contributed by atoms with Crippen LogP contribution >= 0.6 is 0 Å². The monoisotopic (exact) mass is 502 g/mol. The van der Waals surface area contributed by atoms with Crippen LogP contribution < -0.4 is 0 Å². The number of aryl methyl sites for hydroxylation is 4. The highest BCUT2D eigenvalue weighted by Gasteiger charge is 2.21. The lowest BCUT2D eigenvalue weighted by atomic mass is 9.79. The molecule has 0 bridgehead atoms. The third-order valence-electron chi connectivity index (χ3n) is 9.14. The van der Waals surface area contributed by atoms with E-state index in [9.17, 15) is 0 Å². The quantitative estimate of drug-likeness (QED) is 0.294. The van der Waals surface area contributed by atoms with Gasteiger partial charge in [0.1, 0.15) is 0 Å². The standard InChI is InChI=1S/C38H46/c1-27-15-19-33(20-16-27)37(31-11-7-5-8-12-31)25-35-23-30(4)36(24-29(35)3)26-38(32-13-9-6-10-14-32)34-21-17-28(2)18-22-34/h15-26,31-32H,5-14H2,1-4H3. The Morgan fingerprint density at radius 1 is 0.500 bits per heavy atom. The van der Waals surface area contributed by atoms with Crippen molar-refractivity contribution in [3.05, 3.63) is 105 Å². The molecule has 2 saturated carbocycles. The van der Waals surface area contributed by atoms with Crippen LogP contribution in [0.25, 0.3) is 23.3 Å². The third-order valence-corrected chi connectivity index (χ3v) is 9.14. The molecule has 2 aliphatic rings. The van der Waals surface area contributed by atoms with Gasteiger partial charge in [0.2, 0.25) is 0 Å². The molecule has 0 heteroatoms. The second kappa shape index (κ2) is 12.3. The van der Waals surface area contributed by atoms with Crippen LogP contribution in [0.15, 0.2) is 60.7 Å². The van der Waals surface area contributed by atoms with Gasteiger partial charge < -0.3 is 0 Å². The number of hydrogen-bond donors (Lipinski definition) is 0. The van der Waals surface area contributed by atoms with Crippen molar-refractivity contribution in [2.45, 2.75) is 91.9 Å². The molecule has 0 nitrogen and oxygen atoms in total. The molecule has 0 heterocycles. The molecule has 0 aliphatic heterocycles. The van der Waals surface area contributed by atoms with Crippen molar-refractivity contribution in [1.82, 2.24) is 0 Å². The highest BCUT2D eigenvalue weighted by molar-refractivity contribution is 5.87. The fraction of sp³-hybridized carbons (Fsp3) is 0.421. The Balaban J connectivity index is 1.54. The summed E-state index contributed by atoms with van der Waals surface area (Å²) in [5, 5.41) is 0. The van der Waals surface area contributed by atoms with Gasteiger partial charge in [0.25, 0.3) is 0 Å². The van der Waals surface area contributed by atoms with Crippen molar-refractivity contribution in [2.24, 2.45) is 11.8 Å². The number of hydrogen-bond acceptors (Lipinski definition) is 0. The van der Waals surface area contributed by atoms with Crippen molar-refractivity contribution >= 4 is 23.3 Å². The minimum absolute atomic E-state index is 0.671. The zero-order valence-corrected chi connectivity index (χ0v) is 24.2. The summed E-state index contributed by atoms with van der Waals surface area (Å²) >= 11 is 0. The highest BCUT2D eigenvalue weighted by Crippen LogP contribution is 2.39. The summed E-state index contributed by atoms with van der Waals surface area (Å²) in [6.07, 6.45) is 18.5. The smallest absolute Gasteiger partial charge is 0.0156 e. The van der Waals surface area contributed by atoms with E-state index < -0.39 is 0 Å². The van der Waals surface area contributed by atoms with E-state index in [0.29, 0.717) is 11.8 Å². The lowest BCUT2D eigenvalue weighted by Gasteiger charge is -2.26. The SMILES string of the molecule is Cc1ccc(C(=Cc2cc(C)c(C=C(c3ccc(C)cc3)C3CCCCC3)cc2C)C2CCCCC2)cc1. The first kappa shape index (κ1) is 26.7. The first-order chi connectivity index (χ1) is 18.5. The second-order valence-corrected chi connectivity index (χ2v) is 12.2. The van der Waals surface area contributed by atoms with Crippen LogP contribution in [0, 0.1) is 39.5 Å². The van der Waals surface area contributed by atoms with Crippen LogP contribution in [0.1, 0.15) is 109 Å². The molecule has 0 aromatic heterocycles. The van der Waals surface area contributed by atoms with Crippen LogP contribution in [0.3, 0.4) is 0 Å². The Morgan fingerprint density at radius 3 is 1.18 bits per heavy atom. The molecule has 0 atom stereocenters. The molecular weight excluding hydrogens is 456 g/mol. The van der Waals surface area contributed by atoms with Crippen LogP contribution in [-0.4, -0.2) is 0 Å². The van der Waals surface area contributed by atoms with E-state index in [2.05, 4.69) is 101 Å². The maximum Gasteiger partial charge on any atom is -0.0156 e. The average molecular weight is 503 g/mol. The minimum Gasteiger partial charge on any atom is -0.0587 e. The molecule has 0 unspecified atom stereocenters. The van der Waals surface area contributed by atoms with E-state index in [1.165, 1.54) is 120 Å². The van der Waals surface area contributed by atoms with E-state index in [4.69, 9.17) is 0 Å². The molecule has 0 radical (unpaired) electrons. The average Bonchev–Trinajstić information content (AvgIpc) is 2.94. The normalized spacial score (nSPS) is 18.1. The topological polar surface area (TPSA) is 0 Å². The van der Waals surface area contributed by atoms with Crippen LogP contribution in [0.2, 0.25) is 0 Å². The van der Waals surface area contributed by atoms with Crippen LogP contribution in [0.4, 0.5) is 0 Å². The molecule has 0 amide bonds. The first-order valence-electron chi connectivity index (χ1n) is 15.2. The number of rotatable bonds is 6. The van der Waals surface area contributed by atoms with Gasteiger partial charge in [-0.15, -0.1) is 0 Å². The van der Waals surface area contributed by atoms with Crippen molar-refractivity contribution in [3.63, 3.8) is 0 Å². The van der Waals surface area contributed by atoms with Gasteiger partial charge >= 0.3 is 0 Å². The van der Waals surface area contributed by atoms with Gasteiger partial charge in [-0.3, -0.25) is 0 Å². The van der Waals surface area contributed by atoms with Crippen LogP contribution in [-0.2, 0) is 0 Å². The molecule has 2 aliphatic carbocycles. The van der Waals surface area contributed by atoms with E-state index in [1.54, 1.807) is 0 Å². The third kappa shape index (κ3) is 6.40. The van der Waals surface area contributed by atoms with Gasteiger partial charge in [-0.05, 0) is 110 Å². The number of benzene rings is 3. The molecule has 3 aromatic rings. The predicted octanol–water partition coefficient (Wildman–Crippen LogP) is 11.2. The maximum absolute atomic E-state index is 2.53. The Bertz CT molecular complexity index is 1170. The van der Waals surface area contributed by atoms with Gasteiger partial charge in [0.05, 0.1) is 0 Å². The summed E-state index contributed by atoms with van der Waals surface area (Å²) < 4.78 is 0. The molecule has 5 rings (SSSR count). The van der Waals surface area contributed by atoms with E-state index in [1.807, 2.05) is 0 Å².